The number of rotatable bonds is 7. The third-order valence-corrected chi connectivity index (χ3v) is 5.87. The Morgan fingerprint density at radius 1 is 1.27 bits per heavy atom. The molecule has 6 nitrogen and oxygen atoms in total. The summed E-state index contributed by atoms with van der Waals surface area (Å²) in [4.78, 5) is 32.3. The van der Waals surface area contributed by atoms with Gasteiger partial charge < -0.3 is 15.0 Å². The van der Waals surface area contributed by atoms with Crippen molar-refractivity contribution in [1.29, 1.82) is 0 Å². The summed E-state index contributed by atoms with van der Waals surface area (Å²) in [6, 6.07) is 14.9. The van der Waals surface area contributed by atoms with E-state index in [4.69, 9.17) is 16.3 Å². The summed E-state index contributed by atoms with van der Waals surface area (Å²) in [6.07, 6.45) is -0.0863. The van der Waals surface area contributed by atoms with Gasteiger partial charge in [-0.2, -0.15) is 0 Å². The van der Waals surface area contributed by atoms with Gasteiger partial charge in [-0.25, -0.2) is 4.98 Å². The zero-order valence-corrected chi connectivity index (χ0v) is 18.4. The van der Waals surface area contributed by atoms with Crippen molar-refractivity contribution >= 4 is 35.0 Å². The lowest BCUT2D eigenvalue weighted by Gasteiger charge is -2.12. The Bertz CT molecular complexity index is 1100. The molecule has 2 N–H and O–H groups in total. The monoisotopic (exact) mass is 443 g/mol. The van der Waals surface area contributed by atoms with E-state index in [-0.39, 0.29) is 23.1 Å². The second-order valence-electron chi connectivity index (χ2n) is 6.68. The number of carbonyl (C=O) groups is 1. The number of carbonyl (C=O) groups excluding carboxylic acids is 1. The Morgan fingerprint density at radius 2 is 2.00 bits per heavy atom. The molecule has 1 heterocycles. The Hall–Kier alpha value is -2.77. The fraction of sp³-hybridized carbons (Fsp3) is 0.227. The van der Waals surface area contributed by atoms with Crippen molar-refractivity contribution in [1.82, 2.24) is 9.97 Å². The van der Waals surface area contributed by atoms with E-state index in [1.165, 1.54) is 18.9 Å². The molecule has 1 aromatic heterocycles. The van der Waals surface area contributed by atoms with E-state index in [2.05, 4.69) is 22.2 Å². The molecule has 0 aliphatic rings. The quantitative estimate of drug-likeness (QED) is 0.405. The summed E-state index contributed by atoms with van der Waals surface area (Å²) in [6.45, 7) is 3.79. The molecule has 30 heavy (non-hydrogen) atoms. The molecule has 8 heteroatoms. The molecule has 156 valence electrons. The molecule has 0 spiro atoms. The fourth-order valence-electron chi connectivity index (χ4n) is 2.92. The molecule has 0 aliphatic heterocycles. The first-order valence-corrected chi connectivity index (χ1v) is 10.6. The van der Waals surface area contributed by atoms with Gasteiger partial charge in [0.1, 0.15) is 5.75 Å². The molecule has 0 bridgehead atoms. The number of ether oxygens (including phenoxy) is 1. The number of H-pyrrole nitrogens is 1. The maximum Gasteiger partial charge on any atom is 0.255 e. The highest BCUT2D eigenvalue weighted by molar-refractivity contribution is 7.99. The number of aryl methyl sites for hydroxylation is 1. The Morgan fingerprint density at radius 3 is 2.63 bits per heavy atom. The highest BCUT2D eigenvalue weighted by Crippen LogP contribution is 2.32. The minimum absolute atomic E-state index is 0.0863. The second kappa shape index (κ2) is 9.82. The lowest BCUT2D eigenvalue weighted by atomic mass is 10.1. The van der Waals surface area contributed by atoms with Crippen LogP contribution in [0.1, 0.15) is 29.0 Å². The SMILES string of the molecule is COc1ccc(NC(=O)Cc2c(C)nc(SC(C)c3ccccc3)[nH]c2=O)cc1Cl. The number of benzene rings is 2. The molecule has 0 saturated carbocycles. The Balaban J connectivity index is 1.70. The van der Waals surface area contributed by atoms with Crippen LogP contribution in [0.2, 0.25) is 5.02 Å². The highest BCUT2D eigenvalue weighted by Gasteiger charge is 2.15. The van der Waals surface area contributed by atoms with Gasteiger partial charge in [-0.1, -0.05) is 53.7 Å². The smallest absolute Gasteiger partial charge is 0.255 e. The molecule has 1 amide bonds. The lowest BCUT2D eigenvalue weighted by Crippen LogP contribution is -2.23. The summed E-state index contributed by atoms with van der Waals surface area (Å²) in [5, 5.41) is 3.78. The maximum atomic E-state index is 12.6. The number of thioether (sulfide) groups is 1. The molecule has 0 fully saturated rings. The molecule has 0 radical (unpaired) electrons. The summed E-state index contributed by atoms with van der Waals surface area (Å²) < 4.78 is 5.10. The number of amides is 1. The van der Waals surface area contributed by atoms with Crippen molar-refractivity contribution in [2.24, 2.45) is 0 Å². The van der Waals surface area contributed by atoms with Gasteiger partial charge in [-0.15, -0.1) is 0 Å². The standard InChI is InChI=1S/C22H22ClN3O3S/c1-13-17(12-20(27)25-16-9-10-19(29-3)18(23)11-16)21(28)26-22(24-13)30-14(2)15-7-5-4-6-8-15/h4-11,14H,12H2,1-3H3,(H,25,27)(H,24,26,28). The number of nitrogens with one attached hydrogen (secondary N) is 2. The third kappa shape index (κ3) is 5.43. The molecular formula is C22H22ClN3O3S. The molecule has 2 aromatic carbocycles. The van der Waals surface area contributed by atoms with Crippen LogP contribution in [-0.2, 0) is 11.2 Å². The lowest BCUT2D eigenvalue weighted by molar-refractivity contribution is -0.115. The van der Waals surface area contributed by atoms with Crippen molar-refractivity contribution in [3.05, 3.63) is 80.7 Å². The number of methoxy groups -OCH3 is 1. The Labute approximate surface area is 184 Å². The van der Waals surface area contributed by atoms with E-state index in [1.54, 1.807) is 25.1 Å². The van der Waals surface area contributed by atoms with E-state index in [0.29, 0.717) is 32.9 Å². The van der Waals surface area contributed by atoms with Gasteiger partial charge in [0, 0.05) is 22.2 Å². The normalized spacial score (nSPS) is 11.7. The molecule has 3 rings (SSSR count). The second-order valence-corrected chi connectivity index (χ2v) is 8.42. The number of hydrogen-bond donors (Lipinski definition) is 2. The van der Waals surface area contributed by atoms with Crippen molar-refractivity contribution in [3.63, 3.8) is 0 Å². The average Bonchev–Trinajstić information content (AvgIpc) is 2.71. The van der Waals surface area contributed by atoms with Crippen LogP contribution in [0.15, 0.2) is 58.5 Å². The number of aromatic nitrogens is 2. The first-order valence-electron chi connectivity index (χ1n) is 9.32. The molecule has 1 unspecified atom stereocenters. The first-order chi connectivity index (χ1) is 14.4. The predicted octanol–water partition coefficient (Wildman–Crippen LogP) is 4.77. The zero-order valence-electron chi connectivity index (χ0n) is 16.9. The van der Waals surface area contributed by atoms with Crippen LogP contribution in [0, 0.1) is 6.92 Å². The van der Waals surface area contributed by atoms with Crippen LogP contribution in [-0.4, -0.2) is 23.0 Å². The topological polar surface area (TPSA) is 84.1 Å². The molecule has 0 saturated heterocycles. The summed E-state index contributed by atoms with van der Waals surface area (Å²) in [5.74, 6) is 0.189. The Kier molecular flexibility index (Phi) is 7.18. The van der Waals surface area contributed by atoms with Crippen LogP contribution in [0.25, 0.3) is 0 Å². The minimum atomic E-state index is -0.329. The van der Waals surface area contributed by atoms with Crippen molar-refractivity contribution in [2.75, 3.05) is 12.4 Å². The third-order valence-electron chi connectivity index (χ3n) is 4.53. The van der Waals surface area contributed by atoms with Gasteiger partial charge in [-0.3, -0.25) is 9.59 Å². The van der Waals surface area contributed by atoms with Gasteiger partial charge in [0.2, 0.25) is 5.91 Å². The average molecular weight is 444 g/mol. The van der Waals surface area contributed by atoms with Crippen LogP contribution >= 0.6 is 23.4 Å². The van der Waals surface area contributed by atoms with E-state index >= 15 is 0 Å². The largest absolute Gasteiger partial charge is 0.495 e. The zero-order chi connectivity index (χ0) is 21.7. The van der Waals surface area contributed by atoms with Crippen LogP contribution in [0.3, 0.4) is 0 Å². The summed E-state index contributed by atoms with van der Waals surface area (Å²) in [7, 11) is 1.52. The van der Waals surface area contributed by atoms with E-state index in [1.807, 2.05) is 30.3 Å². The van der Waals surface area contributed by atoms with Crippen LogP contribution in [0.5, 0.6) is 5.75 Å². The fourth-order valence-corrected chi connectivity index (χ4v) is 4.15. The van der Waals surface area contributed by atoms with Gasteiger partial charge in [0.15, 0.2) is 5.16 Å². The highest BCUT2D eigenvalue weighted by atomic mass is 35.5. The van der Waals surface area contributed by atoms with Gasteiger partial charge in [0.05, 0.1) is 18.6 Å². The number of anilines is 1. The summed E-state index contributed by atoms with van der Waals surface area (Å²) >= 11 is 7.55. The number of hydrogen-bond acceptors (Lipinski definition) is 5. The van der Waals surface area contributed by atoms with Gasteiger partial charge in [0.25, 0.3) is 5.56 Å². The number of halogens is 1. The molecule has 1 atom stereocenters. The number of nitrogens with zero attached hydrogens (tertiary/aromatic N) is 1. The van der Waals surface area contributed by atoms with Gasteiger partial charge in [-0.05, 0) is 37.6 Å². The van der Waals surface area contributed by atoms with Crippen molar-refractivity contribution < 1.29 is 9.53 Å². The molecular weight excluding hydrogens is 422 g/mol. The van der Waals surface area contributed by atoms with Crippen LogP contribution < -0.4 is 15.6 Å². The van der Waals surface area contributed by atoms with Crippen molar-refractivity contribution in [2.45, 2.75) is 30.7 Å². The first kappa shape index (κ1) is 21.9. The van der Waals surface area contributed by atoms with E-state index in [0.717, 1.165) is 5.56 Å². The predicted molar refractivity (Wildman–Crippen MR) is 121 cm³/mol. The van der Waals surface area contributed by atoms with E-state index in [9.17, 15) is 9.59 Å². The van der Waals surface area contributed by atoms with Gasteiger partial charge >= 0.3 is 0 Å². The maximum absolute atomic E-state index is 12.6. The van der Waals surface area contributed by atoms with E-state index < -0.39 is 0 Å². The minimum Gasteiger partial charge on any atom is -0.495 e. The molecule has 3 aromatic rings. The van der Waals surface area contributed by atoms with Crippen LogP contribution in [0.4, 0.5) is 5.69 Å². The number of aromatic amines is 1. The van der Waals surface area contributed by atoms with Crippen molar-refractivity contribution in [3.8, 4) is 5.75 Å². The summed E-state index contributed by atoms with van der Waals surface area (Å²) in [5.41, 5.74) is 2.22. The molecule has 0 aliphatic carbocycles.